The summed E-state index contributed by atoms with van der Waals surface area (Å²) in [5, 5.41) is 6.18. The van der Waals surface area contributed by atoms with Gasteiger partial charge in [-0.2, -0.15) is 0 Å². The number of methoxy groups -OCH3 is 1. The van der Waals surface area contributed by atoms with Crippen LogP contribution < -0.4 is 10.6 Å². The van der Waals surface area contributed by atoms with Gasteiger partial charge in [0.1, 0.15) is 0 Å². The zero-order chi connectivity index (χ0) is 15.1. The number of hydrogen-bond donors (Lipinski definition) is 2. The minimum absolute atomic E-state index is 0. The minimum Gasteiger partial charge on any atom is -0.469 e. The van der Waals surface area contributed by atoms with E-state index in [0.29, 0.717) is 12.8 Å². The van der Waals surface area contributed by atoms with Crippen LogP contribution in [0, 0.1) is 5.92 Å². The lowest BCUT2D eigenvalue weighted by molar-refractivity contribution is -0.140. The SMILES string of the molecule is COC(=O)CCc1ccc(NC(=O)C2CCCNC2)cc1.Cl. The summed E-state index contributed by atoms with van der Waals surface area (Å²) < 4.78 is 4.61. The monoisotopic (exact) mass is 326 g/mol. The molecule has 1 saturated heterocycles. The topological polar surface area (TPSA) is 67.4 Å². The molecule has 0 aliphatic carbocycles. The van der Waals surface area contributed by atoms with Crippen LogP contribution in [0.5, 0.6) is 0 Å². The number of anilines is 1. The predicted molar refractivity (Wildman–Crippen MR) is 88.3 cm³/mol. The summed E-state index contributed by atoms with van der Waals surface area (Å²) in [5.74, 6) is -0.0839. The molecule has 1 unspecified atom stereocenters. The average molecular weight is 327 g/mol. The van der Waals surface area contributed by atoms with Gasteiger partial charge in [0.15, 0.2) is 0 Å². The summed E-state index contributed by atoms with van der Waals surface area (Å²) >= 11 is 0. The number of rotatable bonds is 5. The van der Waals surface area contributed by atoms with Crippen molar-refractivity contribution < 1.29 is 14.3 Å². The van der Waals surface area contributed by atoms with Gasteiger partial charge in [-0.3, -0.25) is 9.59 Å². The Morgan fingerprint density at radius 2 is 2.05 bits per heavy atom. The van der Waals surface area contributed by atoms with Crippen LogP contribution in [-0.2, 0) is 20.7 Å². The van der Waals surface area contributed by atoms with E-state index < -0.39 is 0 Å². The molecule has 1 aliphatic heterocycles. The van der Waals surface area contributed by atoms with Crippen LogP contribution >= 0.6 is 12.4 Å². The van der Waals surface area contributed by atoms with Crippen molar-refractivity contribution in [1.29, 1.82) is 0 Å². The molecule has 22 heavy (non-hydrogen) atoms. The number of carbonyl (C=O) groups is 2. The molecule has 6 heteroatoms. The Hall–Kier alpha value is -1.59. The third kappa shape index (κ3) is 5.66. The quantitative estimate of drug-likeness (QED) is 0.814. The maximum Gasteiger partial charge on any atom is 0.305 e. The molecule has 2 rings (SSSR count). The van der Waals surface area contributed by atoms with E-state index in [1.165, 1.54) is 7.11 Å². The summed E-state index contributed by atoms with van der Waals surface area (Å²) in [7, 11) is 1.39. The number of amides is 1. The largest absolute Gasteiger partial charge is 0.469 e. The van der Waals surface area contributed by atoms with Gasteiger partial charge in [-0.15, -0.1) is 12.4 Å². The highest BCUT2D eigenvalue weighted by atomic mass is 35.5. The number of benzene rings is 1. The molecule has 0 spiro atoms. The summed E-state index contributed by atoms with van der Waals surface area (Å²) in [6.07, 6.45) is 3.00. The molecule has 2 N–H and O–H groups in total. The molecule has 1 aliphatic rings. The molecule has 1 heterocycles. The lowest BCUT2D eigenvalue weighted by Crippen LogP contribution is -2.37. The second kappa shape index (κ2) is 9.43. The minimum atomic E-state index is -0.211. The summed E-state index contributed by atoms with van der Waals surface area (Å²) in [4.78, 5) is 23.2. The number of hydrogen-bond acceptors (Lipinski definition) is 4. The number of aryl methyl sites for hydroxylation is 1. The van der Waals surface area contributed by atoms with Crippen LogP contribution in [0.4, 0.5) is 5.69 Å². The second-order valence-electron chi connectivity index (χ2n) is 5.31. The average Bonchev–Trinajstić information content (AvgIpc) is 2.54. The molecule has 5 nitrogen and oxygen atoms in total. The fourth-order valence-electron chi connectivity index (χ4n) is 2.42. The van der Waals surface area contributed by atoms with E-state index in [4.69, 9.17) is 0 Å². The molecule has 122 valence electrons. The smallest absolute Gasteiger partial charge is 0.305 e. The first-order chi connectivity index (χ1) is 10.2. The predicted octanol–water partition coefficient (Wildman–Crippen LogP) is 2.15. The fourth-order valence-corrected chi connectivity index (χ4v) is 2.42. The molecule has 1 aromatic rings. The molecule has 1 amide bonds. The highest BCUT2D eigenvalue weighted by Crippen LogP contribution is 2.15. The van der Waals surface area contributed by atoms with Crippen molar-refractivity contribution >= 4 is 30.0 Å². The van der Waals surface area contributed by atoms with Gasteiger partial charge in [-0.05, 0) is 43.5 Å². The molecule has 0 aromatic heterocycles. The highest BCUT2D eigenvalue weighted by Gasteiger charge is 2.20. The van der Waals surface area contributed by atoms with Gasteiger partial charge in [0.05, 0.1) is 13.0 Å². The number of nitrogens with one attached hydrogen (secondary N) is 2. The third-order valence-corrected chi connectivity index (χ3v) is 3.73. The molecule has 1 fully saturated rings. The lowest BCUT2D eigenvalue weighted by Gasteiger charge is -2.21. The van der Waals surface area contributed by atoms with Crippen LogP contribution in [0.2, 0.25) is 0 Å². The van der Waals surface area contributed by atoms with Gasteiger partial charge < -0.3 is 15.4 Å². The Morgan fingerprint density at radius 3 is 2.64 bits per heavy atom. The van der Waals surface area contributed by atoms with Gasteiger partial charge in [0.2, 0.25) is 5.91 Å². The molecular formula is C16H23ClN2O3. The van der Waals surface area contributed by atoms with E-state index in [1.54, 1.807) is 0 Å². The number of carbonyl (C=O) groups excluding carboxylic acids is 2. The van der Waals surface area contributed by atoms with Crippen LogP contribution in [0.3, 0.4) is 0 Å². The second-order valence-corrected chi connectivity index (χ2v) is 5.31. The van der Waals surface area contributed by atoms with E-state index in [9.17, 15) is 9.59 Å². The van der Waals surface area contributed by atoms with Gasteiger partial charge in [0.25, 0.3) is 0 Å². The maximum absolute atomic E-state index is 12.1. The van der Waals surface area contributed by atoms with Crippen molar-refractivity contribution in [2.24, 2.45) is 5.92 Å². The van der Waals surface area contributed by atoms with E-state index in [2.05, 4.69) is 15.4 Å². The molecule has 1 atom stereocenters. The van der Waals surface area contributed by atoms with Crippen LogP contribution in [0.1, 0.15) is 24.8 Å². The molecular weight excluding hydrogens is 304 g/mol. The first kappa shape index (κ1) is 18.5. The Labute approximate surface area is 137 Å². The molecule has 0 radical (unpaired) electrons. The number of piperidine rings is 1. The Morgan fingerprint density at radius 1 is 1.32 bits per heavy atom. The summed E-state index contributed by atoms with van der Waals surface area (Å²) in [6.45, 7) is 1.75. The van der Waals surface area contributed by atoms with Crippen molar-refractivity contribution in [3.8, 4) is 0 Å². The fraction of sp³-hybridized carbons (Fsp3) is 0.500. The molecule has 0 saturated carbocycles. The number of ether oxygens (including phenoxy) is 1. The van der Waals surface area contributed by atoms with Gasteiger partial charge >= 0.3 is 5.97 Å². The van der Waals surface area contributed by atoms with Gasteiger partial charge in [0, 0.05) is 18.7 Å². The van der Waals surface area contributed by atoms with Gasteiger partial charge in [-0.1, -0.05) is 12.1 Å². The zero-order valence-corrected chi connectivity index (χ0v) is 13.6. The van der Waals surface area contributed by atoms with Crippen molar-refractivity contribution in [3.05, 3.63) is 29.8 Å². The maximum atomic E-state index is 12.1. The molecule has 1 aromatic carbocycles. The standard InChI is InChI=1S/C16H22N2O3.ClH/c1-21-15(19)9-6-12-4-7-14(8-5-12)18-16(20)13-3-2-10-17-11-13;/h4-5,7-8,13,17H,2-3,6,9-11H2,1H3,(H,18,20);1H. The van der Waals surface area contributed by atoms with Crippen molar-refractivity contribution in [3.63, 3.8) is 0 Å². The number of esters is 1. The van der Waals surface area contributed by atoms with Crippen molar-refractivity contribution in [2.75, 3.05) is 25.5 Å². The number of halogens is 1. The Kier molecular flexibility index (Phi) is 7.91. The summed E-state index contributed by atoms with van der Waals surface area (Å²) in [6, 6.07) is 7.61. The Bertz CT molecular complexity index is 485. The first-order valence-electron chi connectivity index (χ1n) is 7.36. The zero-order valence-electron chi connectivity index (χ0n) is 12.8. The molecule has 0 bridgehead atoms. The highest BCUT2D eigenvalue weighted by molar-refractivity contribution is 5.92. The Balaban J connectivity index is 0.00000242. The van der Waals surface area contributed by atoms with E-state index >= 15 is 0 Å². The van der Waals surface area contributed by atoms with E-state index in [-0.39, 0.29) is 30.2 Å². The van der Waals surface area contributed by atoms with Crippen molar-refractivity contribution in [2.45, 2.75) is 25.7 Å². The lowest BCUT2D eigenvalue weighted by atomic mass is 9.98. The van der Waals surface area contributed by atoms with Crippen LogP contribution in [0.25, 0.3) is 0 Å². The summed E-state index contributed by atoms with van der Waals surface area (Å²) in [5.41, 5.74) is 1.85. The van der Waals surface area contributed by atoms with Crippen LogP contribution in [-0.4, -0.2) is 32.1 Å². The van der Waals surface area contributed by atoms with Gasteiger partial charge in [-0.25, -0.2) is 0 Å². The van der Waals surface area contributed by atoms with Crippen molar-refractivity contribution in [1.82, 2.24) is 5.32 Å². The normalized spacial score (nSPS) is 17.2. The van der Waals surface area contributed by atoms with E-state index in [0.717, 1.165) is 37.2 Å². The van der Waals surface area contributed by atoms with E-state index in [1.807, 2.05) is 24.3 Å². The first-order valence-corrected chi connectivity index (χ1v) is 7.36. The third-order valence-electron chi connectivity index (χ3n) is 3.73. The van der Waals surface area contributed by atoms with Crippen LogP contribution in [0.15, 0.2) is 24.3 Å².